The van der Waals surface area contributed by atoms with E-state index in [1.165, 1.54) is 41.6 Å². The maximum Gasteiger partial charge on any atom is 0.232 e. The van der Waals surface area contributed by atoms with Gasteiger partial charge in [-0.05, 0) is 67.3 Å². The van der Waals surface area contributed by atoms with Gasteiger partial charge < -0.3 is 10.1 Å². The molecule has 7 heteroatoms. The third-order valence-electron chi connectivity index (χ3n) is 6.04. The van der Waals surface area contributed by atoms with Gasteiger partial charge in [0.05, 0.1) is 25.1 Å². The molecule has 1 amide bonds. The Labute approximate surface area is 192 Å². The smallest absolute Gasteiger partial charge is 0.232 e. The zero-order valence-electron chi connectivity index (χ0n) is 19.3. The zero-order chi connectivity index (χ0) is 23.1. The Hall–Kier alpha value is -2.54. The van der Waals surface area contributed by atoms with Crippen LogP contribution in [0.2, 0.25) is 0 Å². The monoisotopic (exact) mass is 458 g/mol. The van der Waals surface area contributed by atoms with E-state index < -0.39 is 10.0 Å². The van der Waals surface area contributed by atoms with Crippen LogP contribution in [0.15, 0.2) is 42.5 Å². The molecule has 2 aromatic carbocycles. The highest BCUT2D eigenvalue weighted by molar-refractivity contribution is 7.92. The van der Waals surface area contributed by atoms with E-state index in [2.05, 4.69) is 30.4 Å². The van der Waals surface area contributed by atoms with Crippen LogP contribution in [0.25, 0.3) is 0 Å². The largest absolute Gasteiger partial charge is 0.495 e. The van der Waals surface area contributed by atoms with E-state index >= 15 is 0 Å². The summed E-state index contributed by atoms with van der Waals surface area (Å²) >= 11 is 0. The van der Waals surface area contributed by atoms with Crippen molar-refractivity contribution in [2.24, 2.45) is 0 Å². The van der Waals surface area contributed by atoms with Crippen LogP contribution in [0.4, 0.5) is 5.69 Å². The van der Waals surface area contributed by atoms with Gasteiger partial charge in [-0.15, -0.1) is 0 Å². The molecular weight excluding hydrogens is 424 g/mol. The number of hydrogen-bond acceptors (Lipinski definition) is 4. The van der Waals surface area contributed by atoms with E-state index in [0.29, 0.717) is 17.9 Å². The summed E-state index contributed by atoms with van der Waals surface area (Å²) in [6, 6.07) is 13.6. The van der Waals surface area contributed by atoms with Crippen LogP contribution in [0.5, 0.6) is 5.75 Å². The second-order valence-corrected chi connectivity index (χ2v) is 10.3. The topological polar surface area (TPSA) is 75.7 Å². The fourth-order valence-corrected chi connectivity index (χ4v) is 5.31. The van der Waals surface area contributed by atoms with Gasteiger partial charge >= 0.3 is 0 Å². The van der Waals surface area contributed by atoms with Gasteiger partial charge in [-0.3, -0.25) is 9.10 Å². The van der Waals surface area contributed by atoms with E-state index in [1.807, 2.05) is 0 Å². The van der Waals surface area contributed by atoms with Gasteiger partial charge in [0.15, 0.2) is 0 Å². The highest BCUT2D eigenvalue weighted by Gasteiger charge is 2.21. The molecule has 0 fully saturated rings. The standard InChI is InChI=1S/C25H34N2O4S/c1-4-22(21-16-15-19-10-5-6-11-20(19)18-21)26-25(28)14-9-17-27(32(3,29)30)23-12-7-8-13-24(23)31-2/h7-8,12-13,15-16,18,22H,4-6,9-11,14,17H2,1-3H3,(H,26,28). The predicted octanol–water partition coefficient (Wildman–Crippen LogP) is 4.39. The summed E-state index contributed by atoms with van der Waals surface area (Å²) < 4.78 is 31.4. The molecule has 1 aliphatic rings. The molecule has 3 rings (SSSR count). The number of nitrogens with one attached hydrogen (secondary N) is 1. The lowest BCUT2D eigenvalue weighted by molar-refractivity contribution is -0.121. The second-order valence-electron chi connectivity index (χ2n) is 8.37. The van der Waals surface area contributed by atoms with Crippen LogP contribution in [0.3, 0.4) is 0 Å². The lowest BCUT2D eigenvalue weighted by Crippen LogP contribution is -2.33. The molecule has 0 aromatic heterocycles. The fourth-order valence-electron chi connectivity index (χ4n) is 4.34. The summed E-state index contributed by atoms with van der Waals surface area (Å²) in [5.41, 5.74) is 4.46. The van der Waals surface area contributed by atoms with Crippen molar-refractivity contribution < 1.29 is 17.9 Å². The van der Waals surface area contributed by atoms with Gasteiger partial charge in [-0.1, -0.05) is 37.3 Å². The number of anilines is 1. The summed E-state index contributed by atoms with van der Waals surface area (Å²) in [4.78, 5) is 12.7. The Morgan fingerprint density at radius 3 is 2.53 bits per heavy atom. The quantitative estimate of drug-likeness (QED) is 0.573. The first kappa shape index (κ1) is 24.1. The van der Waals surface area contributed by atoms with Crippen LogP contribution in [-0.2, 0) is 27.7 Å². The Morgan fingerprint density at radius 1 is 1.12 bits per heavy atom. The average Bonchev–Trinajstić information content (AvgIpc) is 2.79. The minimum atomic E-state index is -3.51. The van der Waals surface area contributed by atoms with Crippen molar-refractivity contribution in [3.63, 3.8) is 0 Å². The molecule has 1 N–H and O–H groups in total. The molecule has 1 atom stereocenters. The number of benzene rings is 2. The third-order valence-corrected chi connectivity index (χ3v) is 7.22. The number of ether oxygens (including phenoxy) is 1. The Bertz CT molecular complexity index is 1040. The van der Waals surface area contributed by atoms with E-state index in [9.17, 15) is 13.2 Å². The van der Waals surface area contributed by atoms with Crippen LogP contribution in [0.1, 0.15) is 61.8 Å². The molecule has 0 radical (unpaired) electrons. The molecule has 1 unspecified atom stereocenters. The number of para-hydroxylation sites is 2. The van der Waals surface area contributed by atoms with Gasteiger partial charge in [0, 0.05) is 13.0 Å². The predicted molar refractivity (Wildman–Crippen MR) is 129 cm³/mol. The highest BCUT2D eigenvalue weighted by Crippen LogP contribution is 2.30. The van der Waals surface area contributed by atoms with Gasteiger partial charge in [-0.25, -0.2) is 8.42 Å². The number of carbonyl (C=O) groups is 1. The Balaban J connectivity index is 1.61. The van der Waals surface area contributed by atoms with Crippen molar-refractivity contribution >= 4 is 21.6 Å². The van der Waals surface area contributed by atoms with Crippen LogP contribution < -0.4 is 14.4 Å². The normalized spacial score (nSPS) is 14.3. The molecule has 0 saturated heterocycles. The van der Waals surface area contributed by atoms with E-state index in [0.717, 1.165) is 24.8 Å². The number of carbonyl (C=O) groups excluding carboxylic acids is 1. The number of fused-ring (bicyclic) bond motifs is 1. The van der Waals surface area contributed by atoms with E-state index in [4.69, 9.17) is 4.74 Å². The minimum Gasteiger partial charge on any atom is -0.495 e. The maximum absolute atomic E-state index is 12.7. The Morgan fingerprint density at radius 2 is 1.84 bits per heavy atom. The van der Waals surface area contributed by atoms with Crippen LogP contribution in [0, 0.1) is 0 Å². The molecule has 0 bridgehead atoms. The van der Waals surface area contributed by atoms with Crippen LogP contribution in [-0.4, -0.2) is 34.2 Å². The second kappa shape index (κ2) is 10.9. The van der Waals surface area contributed by atoms with Gasteiger partial charge in [-0.2, -0.15) is 0 Å². The maximum atomic E-state index is 12.7. The molecule has 0 heterocycles. The fraction of sp³-hybridized carbons (Fsp3) is 0.480. The zero-order valence-corrected chi connectivity index (χ0v) is 20.1. The van der Waals surface area contributed by atoms with Gasteiger partial charge in [0.25, 0.3) is 0 Å². The number of amides is 1. The molecular formula is C25H34N2O4S. The third kappa shape index (κ3) is 6.03. The average molecular weight is 459 g/mol. The minimum absolute atomic E-state index is 0.0324. The molecule has 6 nitrogen and oxygen atoms in total. The van der Waals surface area contributed by atoms with Crippen molar-refractivity contribution in [1.82, 2.24) is 5.32 Å². The molecule has 2 aromatic rings. The van der Waals surface area contributed by atoms with E-state index in [1.54, 1.807) is 24.3 Å². The van der Waals surface area contributed by atoms with E-state index in [-0.39, 0.29) is 24.9 Å². The summed E-state index contributed by atoms with van der Waals surface area (Å²) in [5, 5.41) is 3.13. The number of methoxy groups -OCH3 is 1. The van der Waals surface area contributed by atoms with Crippen molar-refractivity contribution in [1.29, 1.82) is 0 Å². The molecule has 1 aliphatic carbocycles. The summed E-state index contributed by atoms with van der Waals surface area (Å²) in [6.07, 6.45) is 7.37. The number of rotatable bonds is 10. The highest BCUT2D eigenvalue weighted by atomic mass is 32.2. The van der Waals surface area contributed by atoms with Gasteiger partial charge in [0.2, 0.25) is 15.9 Å². The summed E-state index contributed by atoms with van der Waals surface area (Å²) in [5.74, 6) is 0.420. The van der Waals surface area contributed by atoms with Crippen molar-refractivity contribution in [3.05, 3.63) is 59.2 Å². The van der Waals surface area contributed by atoms with Crippen LogP contribution >= 0.6 is 0 Å². The van der Waals surface area contributed by atoms with Crippen molar-refractivity contribution in [2.75, 3.05) is 24.2 Å². The molecule has 0 spiro atoms. The number of aryl methyl sites for hydroxylation is 2. The molecule has 174 valence electrons. The first-order chi connectivity index (χ1) is 15.3. The molecule has 0 saturated carbocycles. The van der Waals surface area contributed by atoms with Gasteiger partial charge in [0.1, 0.15) is 5.75 Å². The first-order valence-electron chi connectivity index (χ1n) is 11.3. The lowest BCUT2D eigenvalue weighted by atomic mass is 9.89. The number of sulfonamides is 1. The van der Waals surface area contributed by atoms with Crippen molar-refractivity contribution in [3.8, 4) is 5.75 Å². The lowest BCUT2D eigenvalue weighted by Gasteiger charge is -2.24. The summed E-state index contributed by atoms with van der Waals surface area (Å²) in [6.45, 7) is 2.28. The first-order valence-corrected chi connectivity index (χ1v) is 13.2. The molecule has 0 aliphatic heterocycles. The number of nitrogens with zero attached hydrogens (tertiary/aromatic N) is 1. The molecule has 32 heavy (non-hydrogen) atoms. The number of hydrogen-bond donors (Lipinski definition) is 1. The SMILES string of the molecule is CCC(NC(=O)CCCN(c1ccccc1OC)S(C)(=O)=O)c1ccc2c(c1)CCCC2. The summed E-state index contributed by atoms with van der Waals surface area (Å²) in [7, 11) is -1.99. The van der Waals surface area contributed by atoms with Crippen molar-refractivity contribution in [2.45, 2.75) is 57.9 Å². The Kier molecular flexibility index (Phi) is 8.18.